The van der Waals surface area contributed by atoms with Crippen molar-refractivity contribution in [2.24, 2.45) is 0 Å². The van der Waals surface area contributed by atoms with Gasteiger partial charge in [0.15, 0.2) is 0 Å². The SMILES string of the molecule is O=C(CSC(=S)N1CCCC1)N1CCN(Cc2cccc(Cl)c2)CC1. The summed E-state index contributed by atoms with van der Waals surface area (Å²) in [6, 6.07) is 7.98. The van der Waals surface area contributed by atoms with Crippen LogP contribution < -0.4 is 0 Å². The van der Waals surface area contributed by atoms with Gasteiger partial charge in [0.25, 0.3) is 0 Å². The van der Waals surface area contributed by atoms with E-state index in [1.165, 1.54) is 30.2 Å². The lowest BCUT2D eigenvalue weighted by Gasteiger charge is -2.34. The lowest BCUT2D eigenvalue weighted by atomic mass is 10.2. The summed E-state index contributed by atoms with van der Waals surface area (Å²) in [6.45, 7) is 6.35. The fourth-order valence-electron chi connectivity index (χ4n) is 3.25. The molecular weight excluding hydrogens is 374 g/mol. The first kappa shape index (κ1) is 19.0. The van der Waals surface area contributed by atoms with Gasteiger partial charge in [-0.2, -0.15) is 0 Å². The van der Waals surface area contributed by atoms with Crippen LogP contribution in [0, 0.1) is 0 Å². The van der Waals surface area contributed by atoms with Crippen molar-refractivity contribution in [2.45, 2.75) is 19.4 Å². The predicted octanol–water partition coefficient (Wildman–Crippen LogP) is 3.10. The third-order valence-corrected chi connectivity index (χ3v) is 6.45. The van der Waals surface area contributed by atoms with Gasteiger partial charge in [-0.05, 0) is 30.5 Å². The zero-order valence-corrected chi connectivity index (χ0v) is 16.7. The van der Waals surface area contributed by atoms with Gasteiger partial charge in [0, 0.05) is 50.8 Å². The summed E-state index contributed by atoms with van der Waals surface area (Å²) in [5.74, 6) is 0.665. The molecule has 0 aromatic heterocycles. The molecule has 2 aliphatic heterocycles. The highest BCUT2D eigenvalue weighted by molar-refractivity contribution is 8.23. The van der Waals surface area contributed by atoms with Crippen LogP contribution >= 0.6 is 35.6 Å². The molecule has 0 aliphatic carbocycles. The van der Waals surface area contributed by atoms with E-state index in [9.17, 15) is 4.79 Å². The first-order valence-corrected chi connectivity index (χ1v) is 10.6. The predicted molar refractivity (Wildman–Crippen MR) is 109 cm³/mol. The summed E-state index contributed by atoms with van der Waals surface area (Å²) in [5.41, 5.74) is 1.22. The smallest absolute Gasteiger partial charge is 0.233 e. The van der Waals surface area contributed by atoms with Crippen LogP contribution in [0.15, 0.2) is 24.3 Å². The topological polar surface area (TPSA) is 26.8 Å². The Morgan fingerprint density at radius 2 is 1.80 bits per heavy atom. The molecule has 2 aliphatic rings. The first-order chi connectivity index (χ1) is 12.1. The maximum absolute atomic E-state index is 12.4. The van der Waals surface area contributed by atoms with Crippen molar-refractivity contribution < 1.29 is 4.79 Å². The first-order valence-electron chi connectivity index (χ1n) is 8.78. The molecular formula is C18H24ClN3OS2. The van der Waals surface area contributed by atoms with Crippen LogP contribution in [-0.2, 0) is 11.3 Å². The molecule has 7 heteroatoms. The van der Waals surface area contributed by atoms with E-state index in [2.05, 4.69) is 15.9 Å². The van der Waals surface area contributed by atoms with Crippen LogP contribution in [0.2, 0.25) is 5.02 Å². The Kier molecular flexibility index (Phi) is 6.99. The van der Waals surface area contributed by atoms with Gasteiger partial charge in [-0.15, -0.1) is 0 Å². The lowest BCUT2D eigenvalue weighted by Crippen LogP contribution is -2.49. The zero-order valence-electron chi connectivity index (χ0n) is 14.3. The van der Waals surface area contributed by atoms with E-state index in [1.807, 2.05) is 23.1 Å². The average Bonchev–Trinajstić information content (AvgIpc) is 3.15. The van der Waals surface area contributed by atoms with Crippen molar-refractivity contribution in [3.63, 3.8) is 0 Å². The molecule has 0 atom stereocenters. The fourth-order valence-corrected chi connectivity index (χ4v) is 4.62. The Labute approximate surface area is 164 Å². The summed E-state index contributed by atoms with van der Waals surface area (Å²) in [5, 5.41) is 0.775. The molecule has 4 nitrogen and oxygen atoms in total. The van der Waals surface area contributed by atoms with Gasteiger partial charge in [-0.25, -0.2) is 0 Å². The Hall–Kier alpha value is -0.820. The van der Waals surface area contributed by atoms with E-state index in [0.717, 1.165) is 55.2 Å². The highest BCUT2D eigenvalue weighted by Crippen LogP contribution is 2.18. The maximum atomic E-state index is 12.4. The number of benzene rings is 1. The number of hydrogen-bond donors (Lipinski definition) is 0. The number of piperazine rings is 1. The Morgan fingerprint density at radius 3 is 2.48 bits per heavy atom. The van der Waals surface area contributed by atoms with E-state index in [1.54, 1.807) is 0 Å². The Morgan fingerprint density at radius 1 is 1.08 bits per heavy atom. The molecule has 2 fully saturated rings. The van der Waals surface area contributed by atoms with Crippen molar-refractivity contribution in [1.29, 1.82) is 0 Å². The number of likely N-dealkylation sites (tertiary alicyclic amines) is 1. The monoisotopic (exact) mass is 397 g/mol. The molecule has 0 spiro atoms. The Bertz CT molecular complexity index is 614. The van der Waals surface area contributed by atoms with Crippen LogP contribution in [0.1, 0.15) is 18.4 Å². The molecule has 1 aromatic carbocycles. The zero-order chi connectivity index (χ0) is 17.6. The number of carbonyl (C=O) groups excluding carboxylic acids is 1. The summed E-state index contributed by atoms with van der Waals surface area (Å²) < 4.78 is 0.880. The molecule has 0 radical (unpaired) electrons. The van der Waals surface area contributed by atoms with Crippen molar-refractivity contribution in [2.75, 3.05) is 45.0 Å². The lowest BCUT2D eigenvalue weighted by molar-refractivity contribution is -0.130. The number of thiocarbonyl (C=S) groups is 1. The highest BCUT2D eigenvalue weighted by atomic mass is 35.5. The van der Waals surface area contributed by atoms with E-state index in [-0.39, 0.29) is 5.91 Å². The third-order valence-electron chi connectivity index (χ3n) is 4.70. The minimum Gasteiger partial charge on any atom is -0.358 e. The molecule has 136 valence electrons. The van der Waals surface area contributed by atoms with Gasteiger partial charge < -0.3 is 9.80 Å². The van der Waals surface area contributed by atoms with Gasteiger partial charge in [-0.3, -0.25) is 9.69 Å². The van der Waals surface area contributed by atoms with E-state index >= 15 is 0 Å². The normalized spacial score (nSPS) is 18.6. The summed E-state index contributed by atoms with van der Waals surface area (Å²) in [7, 11) is 0. The minimum atomic E-state index is 0.203. The molecule has 3 rings (SSSR count). The second-order valence-corrected chi connectivity index (χ2v) is 8.58. The number of nitrogens with zero attached hydrogens (tertiary/aromatic N) is 3. The molecule has 0 bridgehead atoms. The summed E-state index contributed by atoms with van der Waals surface area (Å²) in [6.07, 6.45) is 2.42. The average molecular weight is 398 g/mol. The van der Waals surface area contributed by atoms with Crippen molar-refractivity contribution in [1.82, 2.24) is 14.7 Å². The fraction of sp³-hybridized carbons (Fsp3) is 0.556. The number of halogens is 1. The molecule has 25 heavy (non-hydrogen) atoms. The maximum Gasteiger partial charge on any atom is 0.233 e. The quantitative estimate of drug-likeness (QED) is 0.727. The standard InChI is InChI=1S/C18H24ClN3OS2/c19-16-5-3-4-15(12-16)13-20-8-10-21(11-9-20)17(23)14-25-18(24)22-6-1-2-7-22/h3-5,12H,1-2,6-11,13-14H2. The number of carbonyl (C=O) groups is 1. The molecule has 0 saturated carbocycles. The van der Waals surface area contributed by atoms with Crippen LogP contribution in [-0.4, -0.2) is 69.9 Å². The number of amides is 1. The van der Waals surface area contributed by atoms with E-state index in [4.69, 9.17) is 23.8 Å². The molecule has 0 unspecified atom stereocenters. The highest BCUT2D eigenvalue weighted by Gasteiger charge is 2.22. The van der Waals surface area contributed by atoms with E-state index in [0.29, 0.717) is 5.75 Å². The molecule has 1 amide bonds. The van der Waals surface area contributed by atoms with Crippen molar-refractivity contribution >= 4 is 45.8 Å². The molecule has 1 aromatic rings. The number of thioether (sulfide) groups is 1. The van der Waals surface area contributed by atoms with Gasteiger partial charge in [0.1, 0.15) is 4.32 Å². The third kappa shape index (κ3) is 5.58. The van der Waals surface area contributed by atoms with Gasteiger partial charge in [0.05, 0.1) is 5.75 Å². The van der Waals surface area contributed by atoms with Gasteiger partial charge >= 0.3 is 0 Å². The van der Waals surface area contributed by atoms with Crippen LogP contribution in [0.4, 0.5) is 0 Å². The van der Waals surface area contributed by atoms with E-state index < -0.39 is 0 Å². The molecule has 2 saturated heterocycles. The molecule has 0 N–H and O–H groups in total. The van der Waals surface area contributed by atoms with Crippen molar-refractivity contribution in [3.05, 3.63) is 34.9 Å². The van der Waals surface area contributed by atoms with Gasteiger partial charge in [0.2, 0.25) is 5.91 Å². The number of hydrogen-bond acceptors (Lipinski definition) is 4. The summed E-state index contributed by atoms with van der Waals surface area (Å²) >= 11 is 13.0. The minimum absolute atomic E-state index is 0.203. The van der Waals surface area contributed by atoms with Crippen LogP contribution in [0.25, 0.3) is 0 Å². The molecule has 2 heterocycles. The Balaban J connectivity index is 1.39. The second kappa shape index (κ2) is 9.21. The second-order valence-electron chi connectivity index (χ2n) is 6.54. The van der Waals surface area contributed by atoms with Gasteiger partial charge in [-0.1, -0.05) is 47.7 Å². The summed E-state index contributed by atoms with van der Waals surface area (Å²) in [4.78, 5) is 19.0. The number of rotatable bonds is 4. The largest absolute Gasteiger partial charge is 0.358 e. The van der Waals surface area contributed by atoms with Crippen molar-refractivity contribution in [3.8, 4) is 0 Å². The van der Waals surface area contributed by atoms with Crippen LogP contribution in [0.3, 0.4) is 0 Å². The van der Waals surface area contributed by atoms with Crippen LogP contribution in [0.5, 0.6) is 0 Å².